The molecule has 0 radical (unpaired) electrons. The highest BCUT2D eigenvalue weighted by Gasteiger charge is 2.28. The van der Waals surface area contributed by atoms with E-state index in [0.29, 0.717) is 5.69 Å². The number of hydrogen-bond donors (Lipinski definition) is 1. The summed E-state index contributed by atoms with van der Waals surface area (Å²) in [6.07, 6.45) is 1.59. The third-order valence-corrected chi connectivity index (χ3v) is 5.28. The highest BCUT2D eigenvalue weighted by molar-refractivity contribution is 7.89. The summed E-state index contributed by atoms with van der Waals surface area (Å²) in [4.78, 5) is 0.278. The molecule has 0 heterocycles. The maximum absolute atomic E-state index is 12.7. The van der Waals surface area contributed by atoms with E-state index in [0.717, 1.165) is 11.1 Å². The van der Waals surface area contributed by atoms with Gasteiger partial charge in [-0.2, -0.15) is 4.31 Å². The minimum Gasteiger partial charge on any atom is -0.399 e. The second-order valence-corrected chi connectivity index (χ2v) is 6.78. The fraction of sp³-hybridized carbons (Fsp3) is 0.429. The summed E-state index contributed by atoms with van der Waals surface area (Å²) in [5.74, 6) is 0. The number of hydrogen-bond acceptors (Lipinski definition) is 3. The van der Waals surface area contributed by atoms with Crippen molar-refractivity contribution in [2.75, 3.05) is 12.3 Å². The van der Waals surface area contributed by atoms with Crippen molar-refractivity contribution in [2.24, 2.45) is 0 Å². The van der Waals surface area contributed by atoms with Crippen molar-refractivity contribution in [3.05, 3.63) is 35.9 Å². The van der Waals surface area contributed by atoms with E-state index in [4.69, 9.17) is 5.73 Å². The summed E-state index contributed by atoms with van der Waals surface area (Å²) in [7, 11) is -3.56. The van der Waals surface area contributed by atoms with Crippen LogP contribution in [0.1, 0.15) is 25.0 Å². The summed E-state index contributed by atoms with van der Waals surface area (Å²) in [5.41, 5.74) is 7.85. The number of aryl methyl sites for hydroxylation is 1. The molecule has 1 aromatic rings. The van der Waals surface area contributed by atoms with Gasteiger partial charge >= 0.3 is 0 Å². The number of rotatable bonds is 5. The van der Waals surface area contributed by atoms with Gasteiger partial charge in [0.15, 0.2) is 0 Å². The molecule has 0 aliphatic heterocycles. The van der Waals surface area contributed by atoms with Crippen molar-refractivity contribution in [2.45, 2.75) is 38.6 Å². The average Bonchev–Trinajstić information content (AvgIpc) is 2.29. The van der Waals surface area contributed by atoms with Gasteiger partial charge in [-0.3, -0.25) is 0 Å². The van der Waals surface area contributed by atoms with Gasteiger partial charge in [-0.25, -0.2) is 8.42 Å². The van der Waals surface area contributed by atoms with Crippen molar-refractivity contribution in [1.29, 1.82) is 0 Å². The van der Waals surface area contributed by atoms with Crippen molar-refractivity contribution in [3.8, 4) is 0 Å². The molecule has 0 aromatic heterocycles. The molecule has 0 saturated carbocycles. The molecular formula is C14H22N2O2S. The summed E-state index contributed by atoms with van der Waals surface area (Å²) in [6.45, 7) is 11.2. The Morgan fingerprint density at radius 3 is 2.42 bits per heavy atom. The Kier molecular flexibility index (Phi) is 4.76. The molecule has 5 heteroatoms. The highest BCUT2D eigenvalue weighted by atomic mass is 32.2. The van der Waals surface area contributed by atoms with Gasteiger partial charge in [0.2, 0.25) is 10.0 Å². The van der Waals surface area contributed by atoms with Crippen LogP contribution in [0, 0.1) is 13.8 Å². The van der Waals surface area contributed by atoms with E-state index in [9.17, 15) is 8.42 Å². The van der Waals surface area contributed by atoms with Crippen LogP contribution in [0.4, 0.5) is 5.69 Å². The van der Waals surface area contributed by atoms with E-state index in [1.165, 1.54) is 10.4 Å². The Morgan fingerprint density at radius 2 is 1.95 bits per heavy atom. The Labute approximate surface area is 116 Å². The second-order valence-electron chi connectivity index (χ2n) is 4.92. The molecule has 1 aromatic carbocycles. The molecule has 4 nitrogen and oxygen atoms in total. The first-order chi connectivity index (χ1) is 8.71. The van der Waals surface area contributed by atoms with Crippen molar-refractivity contribution < 1.29 is 8.42 Å². The maximum Gasteiger partial charge on any atom is 0.243 e. The molecule has 0 amide bonds. The Hall–Kier alpha value is -1.33. The van der Waals surface area contributed by atoms with Gasteiger partial charge in [0, 0.05) is 18.3 Å². The van der Waals surface area contributed by atoms with E-state index in [-0.39, 0.29) is 17.5 Å². The highest BCUT2D eigenvalue weighted by Crippen LogP contribution is 2.26. The van der Waals surface area contributed by atoms with Gasteiger partial charge in [0.1, 0.15) is 0 Å². The third-order valence-electron chi connectivity index (χ3n) is 3.11. The molecule has 0 spiro atoms. The molecule has 0 aliphatic carbocycles. The van der Waals surface area contributed by atoms with Crippen LogP contribution in [-0.4, -0.2) is 25.3 Å². The zero-order chi connectivity index (χ0) is 14.8. The van der Waals surface area contributed by atoms with Crippen LogP contribution in [0.25, 0.3) is 0 Å². The molecule has 0 aliphatic rings. The van der Waals surface area contributed by atoms with Crippen molar-refractivity contribution in [1.82, 2.24) is 4.31 Å². The summed E-state index contributed by atoms with van der Waals surface area (Å²) in [5, 5.41) is 0. The minimum absolute atomic E-state index is 0.135. The van der Waals surface area contributed by atoms with Gasteiger partial charge < -0.3 is 5.73 Å². The first-order valence-electron chi connectivity index (χ1n) is 6.21. The molecule has 106 valence electrons. The van der Waals surface area contributed by atoms with E-state index in [1.54, 1.807) is 19.1 Å². The number of anilines is 1. The second kappa shape index (κ2) is 5.75. The largest absolute Gasteiger partial charge is 0.399 e. The zero-order valence-corrected chi connectivity index (χ0v) is 12.8. The quantitative estimate of drug-likeness (QED) is 0.666. The average molecular weight is 282 g/mol. The molecular weight excluding hydrogens is 260 g/mol. The molecule has 2 N–H and O–H groups in total. The number of nitrogen functional groups attached to an aromatic ring is 1. The predicted molar refractivity (Wildman–Crippen MR) is 79.6 cm³/mol. The predicted octanol–water partition coefficient (Wildman–Crippen LogP) is 2.47. The minimum atomic E-state index is -3.56. The SMILES string of the molecule is C=CCN(C(C)C)S(=O)(=O)c1cc(N)cc(C)c1C. The Morgan fingerprint density at radius 1 is 1.37 bits per heavy atom. The fourth-order valence-corrected chi connectivity index (χ4v) is 3.90. The van der Waals surface area contributed by atoms with Crippen LogP contribution < -0.4 is 5.73 Å². The van der Waals surface area contributed by atoms with Crippen LogP contribution in [-0.2, 0) is 10.0 Å². The molecule has 19 heavy (non-hydrogen) atoms. The Bertz CT molecular complexity index is 577. The molecule has 0 atom stereocenters. The lowest BCUT2D eigenvalue weighted by atomic mass is 10.1. The van der Waals surface area contributed by atoms with E-state index >= 15 is 0 Å². The van der Waals surface area contributed by atoms with Gasteiger partial charge in [0.05, 0.1) is 4.90 Å². The molecule has 1 rings (SSSR count). The summed E-state index contributed by atoms with van der Waals surface area (Å²) < 4.78 is 26.8. The fourth-order valence-electron chi connectivity index (χ4n) is 1.96. The van der Waals surface area contributed by atoms with Crippen molar-refractivity contribution in [3.63, 3.8) is 0 Å². The molecule has 0 unspecified atom stereocenters. The van der Waals surface area contributed by atoms with Crippen molar-refractivity contribution >= 4 is 15.7 Å². The first kappa shape index (κ1) is 15.7. The van der Waals surface area contributed by atoms with Crippen LogP contribution in [0.5, 0.6) is 0 Å². The number of benzene rings is 1. The van der Waals surface area contributed by atoms with Gasteiger partial charge in [-0.05, 0) is 51.0 Å². The number of nitrogens with zero attached hydrogens (tertiary/aromatic N) is 1. The topological polar surface area (TPSA) is 63.4 Å². The van der Waals surface area contributed by atoms with Crippen LogP contribution in [0.3, 0.4) is 0 Å². The standard InChI is InChI=1S/C14H22N2O2S/c1-6-7-16(10(2)3)19(17,18)14-9-13(15)8-11(4)12(14)5/h6,8-10H,1,7,15H2,2-5H3. The Balaban J connectivity index is 3.45. The van der Waals surface area contributed by atoms with Crippen LogP contribution in [0.2, 0.25) is 0 Å². The first-order valence-corrected chi connectivity index (χ1v) is 7.65. The van der Waals surface area contributed by atoms with E-state index < -0.39 is 10.0 Å². The molecule has 0 bridgehead atoms. The lowest BCUT2D eigenvalue weighted by molar-refractivity contribution is 0.382. The smallest absolute Gasteiger partial charge is 0.243 e. The van der Waals surface area contributed by atoms with E-state index in [2.05, 4.69) is 6.58 Å². The van der Waals surface area contributed by atoms with Gasteiger partial charge in [0.25, 0.3) is 0 Å². The van der Waals surface area contributed by atoms with Gasteiger partial charge in [-0.15, -0.1) is 6.58 Å². The number of nitrogens with two attached hydrogens (primary N) is 1. The van der Waals surface area contributed by atoms with Crippen LogP contribution >= 0.6 is 0 Å². The van der Waals surface area contributed by atoms with E-state index in [1.807, 2.05) is 20.8 Å². The monoisotopic (exact) mass is 282 g/mol. The number of sulfonamides is 1. The normalized spacial score (nSPS) is 12.1. The molecule has 0 saturated heterocycles. The zero-order valence-electron chi connectivity index (χ0n) is 12.0. The summed E-state index contributed by atoms with van der Waals surface area (Å²) >= 11 is 0. The maximum atomic E-state index is 12.7. The lowest BCUT2D eigenvalue weighted by Gasteiger charge is -2.26. The molecule has 0 fully saturated rings. The summed E-state index contributed by atoms with van der Waals surface area (Å²) in [6, 6.07) is 3.17. The third kappa shape index (κ3) is 3.16. The van der Waals surface area contributed by atoms with Crippen LogP contribution in [0.15, 0.2) is 29.7 Å². The van der Waals surface area contributed by atoms with Gasteiger partial charge in [-0.1, -0.05) is 6.08 Å². The lowest BCUT2D eigenvalue weighted by Crippen LogP contribution is -2.37.